The van der Waals surface area contributed by atoms with Gasteiger partial charge in [-0.3, -0.25) is 9.59 Å². The van der Waals surface area contributed by atoms with E-state index < -0.39 is 0 Å². The SMILES string of the molecule is CO[C@@H]1C[C@H]2CN(C(=O)c3oc4cc(C)ccc4c3C)C[C@H]2C[C@H]1NC(C)=O. The zero-order valence-electron chi connectivity index (χ0n) is 17.0. The number of hydrogen-bond acceptors (Lipinski definition) is 4. The minimum atomic E-state index is -0.0374. The molecular formula is C22H28N2O4. The molecule has 2 aromatic rings. The van der Waals surface area contributed by atoms with Crippen molar-refractivity contribution in [2.75, 3.05) is 20.2 Å². The van der Waals surface area contributed by atoms with Crippen LogP contribution in [0.3, 0.4) is 0 Å². The Hall–Kier alpha value is -2.34. The van der Waals surface area contributed by atoms with E-state index >= 15 is 0 Å². The van der Waals surface area contributed by atoms with Gasteiger partial charge in [0.25, 0.3) is 5.91 Å². The van der Waals surface area contributed by atoms with Gasteiger partial charge in [-0.25, -0.2) is 0 Å². The zero-order valence-corrected chi connectivity index (χ0v) is 17.0. The summed E-state index contributed by atoms with van der Waals surface area (Å²) in [6.07, 6.45) is 1.69. The van der Waals surface area contributed by atoms with E-state index in [-0.39, 0.29) is 24.0 Å². The molecule has 0 spiro atoms. The Morgan fingerprint density at radius 1 is 1.18 bits per heavy atom. The average Bonchev–Trinajstić information content (AvgIpc) is 3.20. The lowest BCUT2D eigenvalue weighted by Gasteiger charge is -2.37. The molecule has 1 aliphatic carbocycles. The van der Waals surface area contributed by atoms with Gasteiger partial charge in [-0.2, -0.15) is 0 Å². The third-order valence-electron chi connectivity index (χ3n) is 6.38. The van der Waals surface area contributed by atoms with Crippen molar-refractivity contribution >= 4 is 22.8 Å². The fraction of sp³-hybridized carbons (Fsp3) is 0.545. The summed E-state index contributed by atoms with van der Waals surface area (Å²) in [5, 5.41) is 4.01. The summed E-state index contributed by atoms with van der Waals surface area (Å²) >= 11 is 0. The van der Waals surface area contributed by atoms with Gasteiger partial charge in [0.05, 0.1) is 12.1 Å². The minimum absolute atomic E-state index is 0.00360. The molecule has 4 rings (SSSR count). The standard InChI is InChI=1S/C22H28N2O4/c1-12-5-6-17-13(2)21(28-19(17)7-12)22(26)24-10-15-8-18(23-14(3)25)20(27-4)9-16(15)11-24/h5-7,15-16,18,20H,8-11H2,1-4H3,(H,23,25)/t15-,16+,18-,20-/m1/s1. The van der Waals surface area contributed by atoms with Crippen LogP contribution in [-0.2, 0) is 9.53 Å². The Labute approximate surface area is 165 Å². The third-order valence-corrected chi connectivity index (χ3v) is 6.38. The Balaban J connectivity index is 1.53. The maximum absolute atomic E-state index is 13.2. The first-order valence-electron chi connectivity index (χ1n) is 9.96. The number of fused-ring (bicyclic) bond motifs is 2. The Kier molecular flexibility index (Phi) is 4.91. The van der Waals surface area contributed by atoms with Crippen molar-refractivity contribution in [3.8, 4) is 0 Å². The summed E-state index contributed by atoms with van der Waals surface area (Å²) < 4.78 is 11.6. The highest BCUT2D eigenvalue weighted by molar-refractivity contribution is 5.99. The quantitative estimate of drug-likeness (QED) is 0.883. The molecule has 2 amide bonds. The molecule has 4 atom stereocenters. The largest absolute Gasteiger partial charge is 0.451 e. The predicted octanol–water partition coefficient (Wildman–Crippen LogP) is 3.05. The summed E-state index contributed by atoms with van der Waals surface area (Å²) in [7, 11) is 1.69. The molecule has 0 unspecified atom stereocenters. The first-order chi connectivity index (χ1) is 13.4. The molecule has 6 nitrogen and oxygen atoms in total. The molecule has 28 heavy (non-hydrogen) atoms. The molecule has 1 saturated heterocycles. The van der Waals surface area contributed by atoms with Gasteiger partial charge in [0, 0.05) is 38.1 Å². The second-order valence-corrected chi connectivity index (χ2v) is 8.34. The highest BCUT2D eigenvalue weighted by Gasteiger charge is 2.44. The zero-order chi connectivity index (χ0) is 20.0. The number of furan rings is 1. The second-order valence-electron chi connectivity index (χ2n) is 8.34. The highest BCUT2D eigenvalue weighted by Crippen LogP contribution is 2.38. The van der Waals surface area contributed by atoms with Crippen molar-refractivity contribution in [3.63, 3.8) is 0 Å². The summed E-state index contributed by atoms with van der Waals surface area (Å²) in [5.41, 5.74) is 2.78. The van der Waals surface area contributed by atoms with Gasteiger partial charge < -0.3 is 19.4 Å². The normalized spacial score (nSPS) is 27.1. The van der Waals surface area contributed by atoms with E-state index in [0.29, 0.717) is 30.7 Å². The van der Waals surface area contributed by atoms with Crippen molar-refractivity contribution in [3.05, 3.63) is 35.1 Å². The lowest BCUT2D eigenvalue weighted by Crippen LogP contribution is -2.49. The van der Waals surface area contributed by atoms with Crippen LogP contribution in [0.1, 0.15) is 41.4 Å². The van der Waals surface area contributed by atoms with Gasteiger partial charge in [-0.05, 0) is 50.2 Å². The van der Waals surface area contributed by atoms with Crippen LogP contribution in [0.25, 0.3) is 11.0 Å². The Morgan fingerprint density at radius 2 is 1.89 bits per heavy atom. The molecule has 2 fully saturated rings. The lowest BCUT2D eigenvalue weighted by atomic mass is 9.77. The summed E-state index contributed by atoms with van der Waals surface area (Å²) in [5.74, 6) is 1.14. The van der Waals surface area contributed by atoms with E-state index in [1.165, 1.54) is 6.92 Å². The number of likely N-dealkylation sites (tertiary alicyclic amines) is 1. The van der Waals surface area contributed by atoms with Crippen LogP contribution in [0, 0.1) is 25.7 Å². The topological polar surface area (TPSA) is 71.8 Å². The van der Waals surface area contributed by atoms with Crippen LogP contribution in [0.15, 0.2) is 22.6 Å². The molecule has 1 aromatic heterocycles. The molecule has 1 aromatic carbocycles. The molecule has 150 valence electrons. The second kappa shape index (κ2) is 7.24. The molecular weight excluding hydrogens is 356 g/mol. The number of aryl methyl sites for hydroxylation is 2. The fourth-order valence-electron chi connectivity index (χ4n) is 4.93. The van der Waals surface area contributed by atoms with E-state index in [9.17, 15) is 9.59 Å². The maximum Gasteiger partial charge on any atom is 0.289 e. The number of benzene rings is 1. The number of nitrogens with zero attached hydrogens (tertiary/aromatic N) is 1. The summed E-state index contributed by atoms with van der Waals surface area (Å²) in [4.78, 5) is 26.6. The van der Waals surface area contributed by atoms with E-state index in [1.54, 1.807) is 7.11 Å². The number of nitrogens with one attached hydrogen (secondary N) is 1. The number of methoxy groups -OCH3 is 1. The van der Waals surface area contributed by atoms with E-state index in [4.69, 9.17) is 9.15 Å². The van der Waals surface area contributed by atoms with Gasteiger partial charge >= 0.3 is 0 Å². The van der Waals surface area contributed by atoms with Crippen LogP contribution < -0.4 is 5.32 Å². The smallest absolute Gasteiger partial charge is 0.289 e. The van der Waals surface area contributed by atoms with Crippen LogP contribution in [0.4, 0.5) is 0 Å². The molecule has 2 heterocycles. The van der Waals surface area contributed by atoms with Crippen LogP contribution >= 0.6 is 0 Å². The first-order valence-corrected chi connectivity index (χ1v) is 9.96. The monoisotopic (exact) mass is 384 g/mol. The van der Waals surface area contributed by atoms with Gasteiger partial charge in [-0.15, -0.1) is 0 Å². The van der Waals surface area contributed by atoms with Gasteiger partial charge in [0.1, 0.15) is 5.58 Å². The first kappa shape index (κ1) is 19.0. The van der Waals surface area contributed by atoms with Gasteiger partial charge in [0.15, 0.2) is 5.76 Å². The minimum Gasteiger partial charge on any atom is -0.451 e. The van der Waals surface area contributed by atoms with Crippen LogP contribution in [0.2, 0.25) is 0 Å². The fourth-order valence-corrected chi connectivity index (χ4v) is 4.93. The van der Waals surface area contributed by atoms with E-state index in [2.05, 4.69) is 5.32 Å². The molecule has 0 radical (unpaired) electrons. The van der Waals surface area contributed by atoms with Crippen molar-refractivity contribution in [2.24, 2.45) is 11.8 Å². The van der Waals surface area contributed by atoms with Crippen LogP contribution in [0.5, 0.6) is 0 Å². The van der Waals surface area contributed by atoms with Crippen molar-refractivity contribution in [2.45, 2.75) is 45.8 Å². The lowest BCUT2D eigenvalue weighted by molar-refractivity contribution is -0.121. The summed E-state index contributed by atoms with van der Waals surface area (Å²) in [6.45, 7) is 6.92. The van der Waals surface area contributed by atoms with Crippen molar-refractivity contribution in [1.29, 1.82) is 0 Å². The van der Waals surface area contributed by atoms with Crippen molar-refractivity contribution in [1.82, 2.24) is 10.2 Å². The molecule has 1 N–H and O–H groups in total. The third kappa shape index (κ3) is 3.30. The number of amides is 2. The number of carbonyl (C=O) groups is 2. The Morgan fingerprint density at radius 3 is 2.57 bits per heavy atom. The number of hydrogen-bond donors (Lipinski definition) is 1. The molecule has 1 aliphatic heterocycles. The highest BCUT2D eigenvalue weighted by atomic mass is 16.5. The molecule has 0 bridgehead atoms. The molecule has 1 saturated carbocycles. The van der Waals surface area contributed by atoms with Gasteiger partial charge in [-0.1, -0.05) is 12.1 Å². The summed E-state index contributed by atoms with van der Waals surface area (Å²) in [6, 6.07) is 6.04. The predicted molar refractivity (Wildman–Crippen MR) is 106 cm³/mol. The molecule has 2 aliphatic rings. The van der Waals surface area contributed by atoms with Crippen molar-refractivity contribution < 1.29 is 18.7 Å². The number of carbonyl (C=O) groups excluding carboxylic acids is 2. The van der Waals surface area contributed by atoms with Crippen LogP contribution in [-0.4, -0.2) is 49.1 Å². The average molecular weight is 384 g/mol. The number of rotatable bonds is 3. The number of ether oxygens (including phenoxy) is 1. The van der Waals surface area contributed by atoms with Gasteiger partial charge in [0.2, 0.25) is 5.91 Å². The Bertz CT molecular complexity index is 919. The molecule has 6 heteroatoms. The van der Waals surface area contributed by atoms with E-state index in [0.717, 1.165) is 34.9 Å². The van der Waals surface area contributed by atoms with E-state index in [1.807, 2.05) is 36.9 Å². The maximum atomic E-state index is 13.2.